The third-order valence-electron chi connectivity index (χ3n) is 2.46. The molecule has 2 atom stereocenters. The predicted molar refractivity (Wildman–Crippen MR) is 55.2 cm³/mol. The molecule has 0 aromatic rings. The first-order valence-electron chi connectivity index (χ1n) is 5.62. The number of hydrogen-bond acceptors (Lipinski definition) is 3. The molecule has 0 amide bonds. The summed E-state index contributed by atoms with van der Waals surface area (Å²) in [6.07, 6.45) is 6.28. The normalized spacial score (nSPS) is 27.0. The maximum atomic E-state index is 5.63. The molecule has 0 unspecified atom stereocenters. The third kappa shape index (κ3) is 4.40. The number of hydrogen-bond donors (Lipinski definition) is 0. The predicted octanol–water partition coefficient (Wildman–Crippen LogP) is 2.34. The van der Waals surface area contributed by atoms with E-state index in [-0.39, 0.29) is 12.4 Å². The summed E-state index contributed by atoms with van der Waals surface area (Å²) in [6, 6.07) is 0. The number of unbranched alkanes of at least 4 members (excludes halogenated alkanes) is 3. The Labute approximate surface area is 86.7 Å². The molecule has 0 aromatic carbocycles. The molecule has 1 rings (SSSR count). The first-order chi connectivity index (χ1) is 6.86. The summed E-state index contributed by atoms with van der Waals surface area (Å²) < 4.78 is 16.1. The smallest absolute Gasteiger partial charge is 0.158 e. The van der Waals surface area contributed by atoms with Crippen molar-refractivity contribution in [1.29, 1.82) is 0 Å². The number of ether oxygens (including phenoxy) is 3. The van der Waals surface area contributed by atoms with Crippen LogP contribution in [0.15, 0.2) is 0 Å². The van der Waals surface area contributed by atoms with Gasteiger partial charge in [0.1, 0.15) is 6.10 Å². The van der Waals surface area contributed by atoms with Crippen molar-refractivity contribution in [2.75, 3.05) is 20.3 Å². The molecule has 1 saturated heterocycles. The third-order valence-corrected chi connectivity index (χ3v) is 2.46. The van der Waals surface area contributed by atoms with Crippen LogP contribution in [0.1, 0.15) is 39.0 Å². The Bertz CT molecular complexity index is 138. The van der Waals surface area contributed by atoms with E-state index in [0.717, 1.165) is 6.42 Å². The summed E-state index contributed by atoms with van der Waals surface area (Å²) >= 11 is 0. The molecule has 3 nitrogen and oxygen atoms in total. The zero-order valence-electron chi connectivity index (χ0n) is 9.33. The zero-order valence-corrected chi connectivity index (χ0v) is 9.33. The Morgan fingerprint density at radius 2 is 2.14 bits per heavy atom. The molecule has 0 bridgehead atoms. The van der Waals surface area contributed by atoms with Crippen molar-refractivity contribution in [3.05, 3.63) is 0 Å². The van der Waals surface area contributed by atoms with Gasteiger partial charge in [0.05, 0.1) is 13.2 Å². The van der Waals surface area contributed by atoms with Crippen molar-refractivity contribution in [2.24, 2.45) is 0 Å². The Morgan fingerprint density at radius 1 is 1.29 bits per heavy atom. The molecule has 14 heavy (non-hydrogen) atoms. The molecule has 0 radical (unpaired) electrons. The van der Waals surface area contributed by atoms with Gasteiger partial charge in [0.25, 0.3) is 0 Å². The van der Waals surface area contributed by atoms with Gasteiger partial charge in [-0.3, -0.25) is 0 Å². The summed E-state index contributed by atoms with van der Waals surface area (Å²) in [5.74, 6) is 0. The molecule has 1 fully saturated rings. The monoisotopic (exact) mass is 202 g/mol. The minimum atomic E-state index is 0.0204. The Kier molecular flexibility index (Phi) is 6.15. The van der Waals surface area contributed by atoms with E-state index in [1.807, 2.05) is 0 Å². The van der Waals surface area contributed by atoms with Crippen molar-refractivity contribution in [3.63, 3.8) is 0 Å². The molecule has 0 saturated carbocycles. The van der Waals surface area contributed by atoms with Crippen LogP contribution in [0, 0.1) is 0 Å². The molecular formula is C11H22O3. The Morgan fingerprint density at radius 3 is 2.86 bits per heavy atom. The molecular weight excluding hydrogens is 180 g/mol. The summed E-state index contributed by atoms with van der Waals surface area (Å²) in [5.41, 5.74) is 0. The minimum Gasteiger partial charge on any atom is -0.382 e. The van der Waals surface area contributed by atoms with Gasteiger partial charge in [0.2, 0.25) is 0 Å². The van der Waals surface area contributed by atoms with Gasteiger partial charge in [-0.2, -0.15) is 0 Å². The minimum absolute atomic E-state index is 0.0204. The lowest BCUT2D eigenvalue weighted by atomic mass is 10.1. The quantitative estimate of drug-likeness (QED) is 0.593. The van der Waals surface area contributed by atoms with Crippen LogP contribution in [0.4, 0.5) is 0 Å². The van der Waals surface area contributed by atoms with Crippen LogP contribution in [0.25, 0.3) is 0 Å². The lowest BCUT2D eigenvalue weighted by Gasteiger charge is -2.10. The van der Waals surface area contributed by atoms with Gasteiger partial charge in [-0.15, -0.1) is 0 Å². The van der Waals surface area contributed by atoms with Gasteiger partial charge < -0.3 is 14.2 Å². The lowest BCUT2D eigenvalue weighted by molar-refractivity contribution is -0.0728. The highest BCUT2D eigenvalue weighted by Crippen LogP contribution is 2.17. The van der Waals surface area contributed by atoms with Crippen LogP contribution >= 0.6 is 0 Å². The Balaban J connectivity index is 1.98. The van der Waals surface area contributed by atoms with Gasteiger partial charge in [0.15, 0.2) is 6.29 Å². The second-order valence-corrected chi connectivity index (χ2v) is 3.83. The lowest BCUT2D eigenvalue weighted by Crippen LogP contribution is -2.17. The SMILES string of the molecule is CCCCCC[C@H]1OC[C@H](COC)O1. The van der Waals surface area contributed by atoms with Crippen LogP contribution < -0.4 is 0 Å². The zero-order chi connectivity index (χ0) is 10.2. The molecule has 1 heterocycles. The van der Waals surface area contributed by atoms with Gasteiger partial charge in [-0.1, -0.05) is 26.2 Å². The molecule has 3 heteroatoms. The fourth-order valence-corrected chi connectivity index (χ4v) is 1.67. The first-order valence-corrected chi connectivity index (χ1v) is 5.62. The standard InChI is InChI=1S/C11H22O3/c1-3-4-5-6-7-11-13-9-10(14-11)8-12-2/h10-11H,3-9H2,1-2H3/t10-,11-/m0/s1. The highest BCUT2D eigenvalue weighted by atomic mass is 16.7. The summed E-state index contributed by atoms with van der Waals surface area (Å²) in [5, 5.41) is 0. The molecule has 0 aromatic heterocycles. The first kappa shape index (κ1) is 12.0. The molecule has 1 aliphatic heterocycles. The van der Waals surface area contributed by atoms with Gasteiger partial charge in [-0.25, -0.2) is 0 Å². The second-order valence-electron chi connectivity index (χ2n) is 3.83. The van der Waals surface area contributed by atoms with Crippen molar-refractivity contribution >= 4 is 0 Å². The largest absolute Gasteiger partial charge is 0.382 e. The highest BCUT2D eigenvalue weighted by Gasteiger charge is 2.24. The second kappa shape index (κ2) is 7.21. The van der Waals surface area contributed by atoms with Crippen molar-refractivity contribution in [1.82, 2.24) is 0 Å². The molecule has 84 valence electrons. The van der Waals surface area contributed by atoms with Crippen LogP contribution in [-0.2, 0) is 14.2 Å². The fourth-order valence-electron chi connectivity index (χ4n) is 1.67. The van der Waals surface area contributed by atoms with Crippen LogP contribution in [0.5, 0.6) is 0 Å². The van der Waals surface area contributed by atoms with Crippen LogP contribution in [0.2, 0.25) is 0 Å². The average Bonchev–Trinajstić information content (AvgIpc) is 2.61. The molecule has 0 spiro atoms. The van der Waals surface area contributed by atoms with E-state index in [1.54, 1.807) is 7.11 Å². The summed E-state index contributed by atoms with van der Waals surface area (Å²) in [7, 11) is 1.69. The summed E-state index contributed by atoms with van der Waals surface area (Å²) in [4.78, 5) is 0. The number of rotatable bonds is 7. The fraction of sp³-hybridized carbons (Fsp3) is 1.00. The molecule has 1 aliphatic rings. The molecule has 0 N–H and O–H groups in total. The van der Waals surface area contributed by atoms with E-state index in [1.165, 1.54) is 25.7 Å². The number of methoxy groups -OCH3 is 1. The van der Waals surface area contributed by atoms with E-state index in [9.17, 15) is 0 Å². The van der Waals surface area contributed by atoms with E-state index in [2.05, 4.69) is 6.92 Å². The van der Waals surface area contributed by atoms with E-state index < -0.39 is 0 Å². The van der Waals surface area contributed by atoms with E-state index in [4.69, 9.17) is 14.2 Å². The summed E-state index contributed by atoms with van der Waals surface area (Å²) in [6.45, 7) is 3.55. The van der Waals surface area contributed by atoms with E-state index in [0.29, 0.717) is 13.2 Å². The van der Waals surface area contributed by atoms with Gasteiger partial charge in [0, 0.05) is 7.11 Å². The van der Waals surface area contributed by atoms with Gasteiger partial charge >= 0.3 is 0 Å². The highest BCUT2D eigenvalue weighted by molar-refractivity contribution is 4.64. The van der Waals surface area contributed by atoms with Crippen molar-refractivity contribution in [2.45, 2.75) is 51.4 Å². The molecule has 0 aliphatic carbocycles. The van der Waals surface area contributed by atoms with Crippen LogP contribution in [0.3, 0.4) is 0 Å². The van der Waals surface area contributed by atoms with Crippen LogP contribution in [-0.4, -0.2) is 32.7 Å². The Hall–Kier alpha value is -0.120. The average molecular weight is 202 g/mol. The van der Waals surface area contributed by atoms with Crippen molar-refractivity contribution in [3.8, 4) is 0 Å². The van der Waals surface area contributed by atoms with Gasteiger partial charge in [-0.05, 0) is 12.8 Å². The maximum Gasteiger partial charge on any atom is 0.158 e. The maximum absolute atomic E-state index is 5.63. The van der Waals surface area contributed by atoms with Crippen molar-refractivity contribution < 1.29 is 14.2 Å². The topological polar surface area (TPSA) is 27.7 Å². The van der Waals surface area contributed by atoms with E-state index >= 15 is 0 Å².